The maximum Gasteiger partial charge on any atom is 0.351 e. The van der Waals surface area contributed by atoms with Gasteiger partial charge in [-0.1, -0.05) is 36.4 Å². The summed E-state index contributed by atoms with van der Waals surface area (Å²) in [5.74, 6) is -0.348. The zero-order valence-corrected chi connectivity index (χ0v) is 18.4. The maximum atomic E-state index is 13.7. The van der Waals surface area contributed by atoms with Gasteiger partial charge in [0.05, 0.1) is 11.6 Å². The van der Waals surface area contributed by atoms with E-state index in [4.69, 9.17) is 0 Å². The highest BCUT2D eigenvalue weighted by Gasteiger charge is 2.24. The molecule has 0 unspecified atom stereocenters. The van der Waals surface area contributed by atoms with Gasteiger partial charge < -0.3 is 0 Å². The third-order valence-electron chi connectivity index (χ3n) is 6.04. The fourth-order valence-corrected chi connectivity index (χ4v) is 4.07. The molecule has 0 spiro atoms. The van der Waals surface area contributed by atoms with Gasteiger partial charge in [-0.25, -0.2) is 14.2 Å². The SMILES string of the molecule is Cc1ccc(C(=O)[C@@H](C)n2c(=O)n3nc(-c4cccc(F)c4)nc3c3ccccc32)cc1C. The molecule has 0 aliphatic carbocycles. The smallest absolute Gasteiger partial charge is 0.292 e. The minimum Gasteiger partial charge on any atom is -0.292 e. The molecule has 164 valence electrons. The van der Waals surface area contributed by atoms with E-state index >= 15 is 0 Å². The Morgan fingerprint density at radius 2 is 1.76 bits per heavy atom. The number of nitrogens with zero attached hydrogens (tertiary/aromatic N) is 4. The number of carbonyl (C=O) groups is 1. The zero-order chi connectivity index (χ0) is 23.3. The Morgan fingerprint density at radius 3 is 2.52 bits per heavy atom. The van der Waals surface area contributed by atoms with Crippen LogP contribution in [0.4, 0.5) is 4.39 Å². The summed E-state index contributed by atoms with van der Waals surface area (Å²) in [6.45, 7) is 5.65. The van der Waals surface area contributed by atoms with Gasteiger partial charge in [0.15, 0.2) is 17.3 Å². The van der Waals surface area contributed by atoms with Crippen LogP contribution >= 0.6 is 0 Å². The number of para-hydroxylation sites is 1. The van der Waals surface area contributed by atoms with Crippen LogP contribution in [0.5, 0.6) is 0 Å². The molecule has 0 aliphatic rings. The summed E-state index contributed by atoms with van der Waals surface area (Å²) in [6.07, 6.45) is 0. The highest BCUT2D eigenvalue weighted by atomic mass is 19.1. The number of fused-ring (bicyclic) bond motifs is 3. The Kier molecular flexibility index (Phi) is 4.89. The molecule has 0 saturated carbocycles. The quantitative estimate of drug-likeness (QED) is 0.372. The third kappa shape index (κ3) is 3.42. The summed E-state index contributed by atoms with van der Waals surface area (Å²) < 4.78 is 16.4. The molecule has 3 aromatic carbocycles. The van der Waals surface area contributed by atoms with Gasteiger partial charge in [0.1, 0.15) is 5.82 Å². The van der Waals surface area contributed by atoms with E-state index in [0.717, 1.165) is 11.1 Å². The molecule has 0 bridgehead atoms. The van der Waals surface area contributed by atoms with E-state index in [2.05, 4.69) is 10.1 Å². The van der Waals surface area contributed by atoms with Crippen LogP contribution in [0, 0.1) is 19.7 Å². The van der Waals surface area contributed by atoms with E-state index in [1.165, 1.54) is 21.2 Å². The summed E-state index contributed by atoms with van der Waals surface area (Å²) in [7, 11) is 0. The van der Waals surface area contributed by atoms with Crippen molar-refractivity contribution in [1.29, 1.82) is 0 Å². The monoisotopic (exact) mass is 440 g/mol. The first-order valence-corrected chi connectivity index (χ1v) is 10.6. The lowest BCUT2D eigenvalue weighted by Gasteiger charge is -2.17. The summed E-state index contributed by atoms with van der Waals surface area (Å²) >= 11 is 0. The molecule has 0 aliphatic heterocycles. The zero-order valence-electron chi connectivity index (χ0n) is 18.4. The lowest BCUT2D eigenvalue weighted by atomic mass is 10.00. The van der Waals surface area contributed by atoms with Crippen LogP contribution in [0.3, 0.4) is 0 Å². The molecule has 0 amide bonds. The van der Waals surface area contributed by atoms with Gasteiger partial charge >= 0.3 is 5.69 Å². The average molecular weight is 440 g/mol. The van der Waals surface area contributed by atoms with Crippen molar-refractivity contribution in [2.45, 2.75) is 26.8 Å². The van der Waals surface area contributed by atoms with E-state index in [0.29, 0.717) is 27.7 Å². The van der Waals surface area contributed by atoms with Crippen LogP contribution in [0.15, 0.2) is 71.5 Å². The van der Waals surface area contributed by atoms with Gasteiger partial charge in [-0.05, 0) is 62.2 Å². The van der Waals surface area contributed by atoms with Gasteiger partial charge in [-0.3, -0.25) is 9.36 Å². The van der Waals surface area contributed by atoms with Crippen LogP contribution in [-0.2, 0) is 0 Å². The first kappa shape index (κ1) is 20.8. The number of rotatable bonds is 4. The van der Waals surface area contributed by atoms with E-state index in [-0.39, 0.29) is 11.6 Å². The molecule has 5 aromatic rings. The van der Waals surface area contributed by atoms with Crippen molar-refractivity contribution in [3.8, 4) is 11.4 Å². The first-order chi connectivity index (χ1) is 15.8. The molecule has 33 heavy (non-hydrogen) atoms. The molecular formula is C26H21FN4O2. The van der Waals surface area contributed by atoms with Crippen LogP contribution in [0.25, 0.3) is 27.9 Å². The number of halogens is 1. The molecule has 1 atom stereocenters. The number of carbonyl (C=O) groups excluding carboxylic acids is 1. The van der Waals surface area contributed by atoms with Crippen molar-refractivity contribution in [2.24, 2.45) is 0 Å². The Labute approximate surface area is 188 Å². The Balaban J connectivity index is 1.73. The average Bonchev–Trinajstić information content (AvgIpc) is 3.27. The number of benzene rings is 3. The van der Waals surface area contributed by atoms with E-state index in [1.807, 2.05) is 44.2 Å². The summed E-state index contributed by atoms with van der Waals surface area (Å²) in [5.41, 5.74) is 3.57. The molecule has 0 fully saturated rings. The highest BCUT2D eigenvalue weighted by Crippen LogP contribution is 2.25. The Morgan fingerprint density at radius 1 is 0.970 bits per heavy atom. The third-order valence-corrected chi connectivity index (χ3v) is 6.04. The van der Waals surface area contributed by atoms with Crippen LogP contribution in [0.2, 0.25) is 0 Å². The minimum absolute atomic E-state index is 0.171. The number of aryl methyl sites for hydroxylation is 2. The predicted molar refractivity (Wildman–Crippen MR) is 125 cm³/mol. The summed E-state index contributed by atoms with van der Waals surface area (Å²) in [6, 6.07) is 17.9. The molecule has 6 nitrogen and oxygen atoms in total. The van der Waals surface area contributed by atoms with Crippen molar-refractivity contribution in [2.75, 3.05) is 0 Å². The lowest BCUT2D eigenvalue weighted by Crippen LogP contribution is -2.33. The molecular weight excluding hydrogens is 419 g/mol. The van der Waals surface area contributed by atoms with Crippen molar-refractivity contribution in [3.63, 3.8) is 0 Å². The van der Waals surface area contributed by atoms with Crippen molar-refractivity contribution >= 4 is 22.3 Å². The number of aromatic nitrogens is 4. The summed E-state index contributed by atoms with van der Waals surface area (Å²) in [5, 5.41) is 5.04. The van der Waals surface area contributed by atoms with Crippen molar-refractivity contribution in [3.05, 3.63) is 99.7 Å². The predicted octanol–water partition coefficient (Wildman–Crippen LogP) is 4.91. The van der Waals surface area contributed by atoms with Crippen LogP contribution < -0.4 is 5.69 Å². The standard InChI is InChI=1S/C26H21FN4O2/c1-15-11-12-18(13-16(15)2)23(32)17(3)30-22-10-5-4-9-21(22)25-28-24(29-31(25)26(30)33)19-7-6-8-20(27)14-19/h4-14,17H,1-3H3/t17-/m1/s1. The van der Waals surface area contributed by atoms with Gasteiger partial charge in [0.2, 0.25) is 0 Å². The Hall–Kier alpha value is -4.13. The van der Waals surface area contributed by atoms with Gasteiger partial charge in [-0.2, -0.15) is 4.52 Å². The number of hydrogen-bond donors (Lipinski definition) is 0. The molecule has 5 rings (SSSR count). The fraction of sp³-hybridized carbons (Fsp3) is 0.154. The van der Waals surface area contributed by atoms with E-state index in [1.54, 1.807) is 31.2 Å². The number of hydrogen-bond acceptors (Lipinski definition) is 4. The number of Topliss-reactive ketones (excluding diaryl/α,β-unsaturated/α-hetero) is 1. The van der Waals surface area contributed by atoms with E-state index < -0.39 is 17.5 Å². The molecule has 0 saturated heterocycles. The normalized spacial score (nSPS) is 12.4. The second-order valence-corrected chi connectivity index (χ2v) is 8.19. The van der Waals surface area contributed by atoms with Crippen LogP contribution in [-0.4, -0.2) is 24.9 Å². The maximum absolute atomic E-state index is 13.7. The van der Waals surface area contributed by atoms with E-state index in [9.17, 15) is 14.0 Å². The Bertz CT molecular complexity index is 1620. The molecule has 0 radical (unpaired) electrons. The molecule has 2 heterocycles. The second kappa shape index (κ2) is 7.78. The lowest BCUT2D eigenvalue weighted by molar-refractivity contribution is 0.0934. The largest absolute Gasteiger partial charge is 0.351 e. The topological polar surface area (TPSA) is 69.3 Å². The molecule has 7 heteroatoms. The first-order valence-electron chi connectivity index (χ1n) is 10.6. The fourth-order valence-electron chi connectivity index (χ4n) is 4.07. The van der Waals surface area contributed by atoms with Crippen molar-refractivity contribution < 1.29 is 9.18 Å². The van der Waals surface area contributed by atoms with Crippen molar-refractivity contribution in [1.82, 2.24) is 19.2 Å². The molecule has 0 N–H and O–H groups in total. The highest BCUT2D eigenvalue weighted by molar-refractivity contribution is 6.00. The second-order valence-electron chi connectivity index (χ2n) is 8.19. The summed E-state index contributed by atoms with van der Waals surface area (Å²) in [4.78, 5) is 31.4. The van der Waals surface area contributed by atoms with Gasteiger partial charge in [-0.15, -0.1) is 5.10 Å². The van der Waals surface area contributed by atoms with Crippen LogP contribution in [0.1, 0.15) is 34.5 Å². The molecule has 2 aromatic heterocycles. The van der Waals surface area contributed by atoms with Gasteiger partial charge in [0.25, 0.3) is 0 Å². The minimum atomic E-state index is -0.768. The number of ketones is 1. The van der Waals surface area contributed by atoms with Gasteiger partial charge in [0, 0.05) is 16.5 Å².